The Labute approximate surface area is 495 Å². The molecule has 1 aromatic rings. The number of aliphatic hydroxyl groups is 1. The number of hydrogen-bond acceptors (Lipinski definition) is 14. The number of nitrogens with one attached hydrogen (secondary N) is 9. The average molecular weight is 1180 g/mol. The van der Waals surface area contributed by atoms with E-state index in [-0.39, 0.29) is 74.6 Å². The van der Waals surface area contributed by atoms with Crippen LogP contribution in [-0.2, 0) is 59.2 Å². The van der Waals surface area contributed by atoms with Crippen molar-refractivity contribution >= 4 is 65.0 Å². The Balaban J connectivity index is 1.93. The molecule has 2 fully saturated rings. The van der Waals surface area contributed by atoms with Gasteiger partial charge in [0.1, 0.15) is 66.2 Å². The summed E-state index contributed by atoms with van der Waals surface area (Å²) >= 11 is 0. The van der Waals surface area contributed by atoms with Gasteiger partial charge in [0, 0.05) is 19.9 Å². The highest BCUT2D eigenvalue weighted by Crippen LogP contribution is 2.29. The minimum atomic E-state index is -1.54. The van der Waals surface area contributed by atoms with E-state index in [1.807, 2.05) is 41.5 Å². The van der Waals surface area contributed by atoms with Crippen molar-refractivity contribution in [2.24, 2.45) is 41.1 Å². The Morgan fingerprint density at radius 1 is 0.560 bits per heavy atom. The summed E-state index contributed by atoms with van der Waals surface area (Å²) in [4.78, 5) is 152. The number of carbonyl (C=O) groups is 11. The number of likely N-dealkylation sites (tertiary alicyclic amines) is 1. The van der Waals surface area contributed by atoms with Crippen LogP contribution >= 0.6 is 0 Å². The molecule has 1 heterocycles. The molecule has 1 aliphatic carbocycles. The number of nitrogens with two attached hydrogens (primary N) is 2. The van der Waals surface area contributed by atoms with Crippen LogP contribution in [0.15, 0.2) is 24.3 Å². The molecule has 1 aliphatic heterocycles. The first kappa shape index (κ1) is 71.4. The van der Waals surface area contributed by atoms with E-state index in [4.69, 9.17) is 11.5 Å². The summed E-state index contributed by atoms with van der Waals surface area (Å²) in [5.41, 5.74) is 11.9. The first-order chi connectivity index (χ1) is 39.4. The lowest BCUT2D eigenvalue weighted by Gasteiger charge is -2.33. The summed E-state index contributed by atoms with van der Waals surface area (Å²) in [6.45, 7) is 18.9. The van der Waals surface area contributed by atoms with Gasteiger partial charge in [-0.25, -0.2) is 0 Å². The molecule has 1 aromatic carbocycles. The number of aliphatic hydroxyl groups excluding tert-OH is 1. The molecule has 25 heteroatoms. The number of carbonyl (C=O) groups excluding carboxylic acids is 11. The number of unbranched alkanes of at least 4 members (excludes halogenated alkanes) is 1. The van der Waals surface area contributed by atoms with Crippen molar-refractivity contribution in [1.29, 1.82) is 0 Å². The number of aromatic hydroxyl groups is 1. The van der Waals surface area contributed by atoms with Crippen molar-refractivity contribution in [3.63, 3.8) is 0 Å². The molecule has 472 valence electrons. The van der Waals surface area contributed by atoms with E-state index in [1.54, 1.807) is 26.0 Å². The standard InChI is InChI=1S/C59H98N12O13/c1-31(2)27-42(63-37(11)73)53(78)62-35(9)51(76)65-43(28-32(3)4)54(79)64-41(19-14-15-25-60)52(77)67-45(30-38-21-23-40(74)24-22-38)55(80)66-44(29-33(5)6)56(81)70-49(39-17-12-13-18-39)58(83)69-48(36(10)72)59(84)71-26-16-20-46(71)57(82)68-47(34(7)8)50(61)75/h21-24,31-36,39,41-49,72,74H,12-20,25-30,60H2,1-11H3,(H2,61,75)(H,62,78)(H,63,73)(H,64,79)(H,65,76)(H,66,80)(H,67,77)(H,68,82)(H,69,83)(H,70,81)/t35-,36+,41-,42-,43-,44-,45-,46-,47-,48-,49-/m0/s1. The van der Waals surface area contributed by atoms with Crippen LogP contribution in [0.25, 0.3) is 0 Å². The van der Waals surface area contributed by atoms with Gasteiger partial charge in [-0.1, -0.05) is 80.4 Å². The first-order valence-corrected chi connectivity index (χ1v) is 29.9. The monoisotopic (exact) mass is 1180 g/mol. The fourth-order valence-corrected chi connectivity index (χ4v) is 10.6. The Morgan fingerprint density at radius 3 is 1.56 bits per heavy atom. The van der Waals surface area contributed by atoms with Crippen LogP contribution in [0.1, 0.15) is 159 Å². The predicted octanol–water partition coefficient (Wildman–Crippen LogP) is 0.308. The zero-order chi connectivity index (χ0) is 63.1. The van der Waals surface area contributed by atoms with Gasteiger partial charge in [0.15, 0.2) is 0 Å². The Morgan fingerprint density at radius 2 is 1.05 bits per heavy atom. The van der Waals surface area contributed by atoms with Gasteiger partial charge in [0.2, 0.25) is 65.0 Å². The second-order valence-electron chi connectivity index (χ2n) is 24.4. The van der Waals surface area contributed by atoms with Crippen LogP contribution in [0.5, 0.6) is 5.75 Å². The number of amides is 11. The Hall–Kier alpha value is -6.89. The predicted molar refractivity (Wildman–Crippen MR) is 314 cm³/mol. The molecule has 0 aromatic heterocycles. The first-order valence-electron chi connectivity index (χ1n) is 29.9. The molecule has 3 rings (SSSR count). The molecule has 0 radical (unpaired) electrons. The minimum absolute atomic E-state index is 0.0357. The third kappa shape index (κ3) is 23.3. The van der Waals surface area contributed by atoms with Gasteiger partial charge in [-0.2, -0.15) is 0 Å². The fourth-order valence-electron chi connectivity index (χ4n) is 10.6. The van der Waals surface area contributed by atoms with Crippen LogP contribution in [-0.4, -0.2) is 160 Å². The molecule has 0 bridgehead atoms. The van der Waals surface area contributed by atoms with Gasteiger partial charge in [-0.15, -0.1) is 0 Å². The van der Waals surface area contributed by atoms with Gasteiger partial charge in [-0.05, 0) is 132 Å². The topological polar surface area (TPSA) is 392 Å². The van der Waals surface area contributed by atoms with E-state index in [2.05, 4.69) is 47.9 Å². The third-order valence-corrected chi connectivity index (χ3v) is 15.0. The number of rotatable bonds is 34. The lowest BCUT2D eigenvalue weighted by atomic mass is 9.95. The smallest absolute Gasteiger partial charge is 0.248 e. The van der Waals surface area contributed by atoms with Gasteiger partial charge in [0.05, 0.1) is 6.10 Å². The van der Waals surface area contributed by atoms with Crippen molar-refractivity contribution in [3.8, 4) is 5.75 Å². The highest BCUT2D eigenvalue weighted by atomic mass is 16.3. The van der Waals surface area contributed by atoms with Crippen LogP contribution in [0.2, 0.25) is 0 Å². The maximum absolute atomic E-state index is 14.7. The van der Waals surface area contributed by atoms with Gasteiger partial charge in [0.25, 0.3) is 0 Å². The second kappa shape index (κ2) is 34.8. The number of nitrogens with zero attached hydrogens (tertiary/aromatic N) is 1. The molecule has 1 saturated heterocycles. The summed E-state index contributed by atoms with van der Waals surface area (Å²) in [7, 11) is 0. The van der Waals surface area contributed by atoms with E-state index < -0.39 is 137 Å². The zero-order valence-corrected chi connectivity index (χ0v) is 51.1. The van der Waals surface area contributed by atoms with Crippen molar-refractivity contribution in [1.82, 2.24) is 52.8 Å². The fraction of sp³-hybridized carbons (Fsp3) is 0.712. The van der Waals surface area contributed by atoms with Crippen LogP contribution in [0.3, 0.4) is 0 Å². The largest absolute Gasteiger partial charge is 0.508 e. The molecule has 84 heavy (non-hydrogen) atoms. The van der Waals surface area contributed by atoms with Crippen molar-refractivity contribution in [2.75, 3.05) is 13.1 Å². The van der Waals surface area contributed by atoms with Crippen molar-refractivity contribution in [2.45, 2.75) is 226 Å². The molecule has 11 amide bonds. The Bertz CT molecular complexity index is 2400. The summed E-state index contributed by atoms with van der Waals surface area (Å²) in [5, 5.41) is 45.5. The molecular weight excluding hydrogens is 1080 g/mol. The number of hydrogen-bond donors (Lipinski definition) is 13. The number of phenols is 1. The molecule has 1 saturated carbocycles. The molecule has 0 spiro atoms. The van der Waals surface area contributed by atoms with Crippen molar-refractivity contribution < 1.29 is 63.0 Å². The maximum Gasteiger partial charge on any atom is 0.248 e. The Kier molecular flexibility index (Phi) is 29.6. The lowest BCUT2D eigenvalue weighted by Crippen LogP contribution is -2.63. The highest BCUT2D eigenvalue weighted by Gasteiger charge is 2.43. The molecular formula is C59H98N12O13. The quantitative estimate of drug-likeness (QED) is 0.0414. The highest BCUT2D eigenvalue weighted by molar-refractivity contribution is 5.99. The van der Waals surface area contributed by atoms with E-state index in [0.29, 0.717) is 44.1 Å². The minimum Gasteiger partial charge on any atom is -0.508 e. The van der Waals surface area contributed by atoms with Crippen LogP contribution in [0.4, 0.5) is 0 Å². The van der Waals surface area contributed by atoms with Gasteiger partial charge in [-0.3, -0.25) is 52.7 Å². The average Bonchev–Trinajstić information content (AvgIpc) is 4.27. The number of phenolic OH excluding ortho intramolecular Hbond substituents is 1. The lowest BCUT2D eigenvalue weighted by molar-refractivity contribution is -0.145. The number of benzene rings is 1. The molecule has 25 nitrogen and oxygen atoms in total. The second-order valence-corrected chi connectivity index (χ2v) is 24.4. The summed E-state index contributed by atoms with van der Waals surface area (Å²) in [6, 6.07) is -6.10. The summed E-state index contributed by atoms with van der Waals surface area (Å²) < 4.78 is 0. The number of primary amides is 1. The van der Waals surface area contributed by atoms with E-state index in [9.17, 15) is 63.0 Å². The van der Waals surface area contributed by atoms with E-state index in [1.165, 1.54) is 37.8 Å². The van der Waals surface area contributed by atoms with E-state index in [0.717, 1.165) is 12.8 Å². The molecule has 15 N–H and O–H groups in total. The normalized spacial score (nSPS) is 18.0. The molecule has 11 atom stereocenters. The van der Waals surface area contributed by atoms with Gasteiger partial charge >= 0.3 is 0 Å². The zero-order valence-electron chi connectivity index (χ0n) is 51.1. The van der Waals surface area contributed by atoms with Crippen LogP contribution < -0.4 is 59.3 Å². The van der Waals surface area contributed by atoms with Crippen molar-refractivity contribution in [3.05, 3.63) is 29.8 Å². The molecule has 0 unspecified atom stereocenters. The molecule has 2 aliphatic rings. The van der Waals surface area contributed by atoms with Crippen LogP contribution in [0, 0.1) is 29.6 Å². The van der Waals surface area contributed by atoms with Gasteiger partial charge < -0.3 is 74.4 Å². The summed E-state index contributed by atoms with van der Waals surface area (Å²) in [5.74, 6) is -8.74. The maximum atomic E-state index is 14.7. The summed E-state index contributed by atoms with van der Waals surface area (Å²) in [6.07, 6.45) is 3.01. The van der Waals surface area contributed by atoms with E-state index >= 15 is 0 Å². The third-order valence-electron chi connectivity index (χ3n) is 15.0. The SMILES string of the molecule is CC(=O)N[C@@H](CC(C)C)C(=O)N[C@@H](C)C(=O)N[C@@H](CC(C)C)C(=O)N[C@@H](CCCCN)C(=O)N[C@@H](Cc1ccc(O)cc1)C(=O)N[C@@H](CC(C)C)C(=O)N[C@H](C(=O)N[C@H](C(=O)N1CCC[C@H]1C(=O)N[C@H](C(N)=O)C(C)C)[C@@H](C)O)C1CCCC1.